The molecule has 0 aliphatic heterocycles. The molecule has 1 aromatic carbocycles. The van der Waals surface area contributed by atoms with Gasteiger partial charge < -0.3 is 16.2 Å². The van der Waals surface area contributed by atoms with E-state index < -0.39 is 26.7 Å². The second-order valence-corrected chi connectivity index (χ2v) is 7.26. The van der Waals surface area contributed by atoms with E-state index in [4.69, 9.17) is 11.3 Å². The molecule has 0 spiro atoms. The molecule has 0 fully saturated rings. The van der Waals surface area contributed by atoms with Gasteiger partial charge in [-0.2, -0.15) is 0 Å². The van der Waals surface area contributed by atoms with Gasteiger partial charge in [0, 0.05) is 18.3 Å². The third kappa shape index (κ3) is 3.48. The summed E-state index contributed by atoms with van der Waals surface area (Å²) in [5.41, 5.74) is 16.8. The summed E-state index contributed by atoms with van der Waals surface area (Å²) in [6, 6.07) is 3.46. The Morgan fingerprint density at radius 1 is 1.42 bits per heavy atom. The summed E-state index contributed by atoms with van der Waals surface area (Å²) >= 11 is 0. The van der Waals surface area contributed by atoms with Crippen LogP contribution in [0.5, 0.6) is 0 Å². The Balaban J connectivity index is 2.36. The van der Waals surface area contributed by atoms with Crippen molar-refractivity contribution >= 4 is 20.7 Å². The molecule has 0 amide bonds. The van der Waals surface area contributed by atoms with Gasteiger partial charge in [0.15, 0.2) is 0 Å². The maximum atomic E-state index is 12.7. The molecule has 8 nitrogen and oxygen atoms in total. The van der Waals surface area contributed by atoms with Crippen molar-refractivity contribution in [1.82, 2.24) is 9.97 Å². The van der Waals surface area contributed by atoms with Crippen LogP contribution in [0.1, 0.15) is 16.8 Å². The van der Waals surface area contributed by atoms with Gasteiger partial charge in [-0.1, -0.05) is 17.7 Å². The number of rotatable bonds is 5. The van der Waals surface area contributed by atoms with Gasteiger partial charge in [-0.25, -0.2) is 13.4 Å². The van der Waals surface area contributed by atoms with Crippen molar-refractivity contribution in [2.24, 2.45) is 5.73 Å². The van der Waals surface area contributed by atoms with Crippen molar-refractivity contribution in [3.05, 3.63) is 53.1 Å². The first-order valence-corrected chi connectivity index (χ1v) is 8.57. The number of hydrogen-bond acceptors (Lipinski definition) is 5. The number of ketones is 1. The number of benzene rings is 1. The molecule has 0 aliphatic rings. The van der Waals surface area contributed by atoms with E-state index in [9.17, 15) is 13.2 Å². The highest BCUT2D eigenvalue weighted by atomic mass is 32.2. The third-order valence-electron chi connectivity index (χ3n) is 3.51. The molecule has 0 unspecified atom stereocenters. The minimum Gasteiger partial charge on any atom is -0.360 e. The maximum Gasteiger partial charge on any atom is 0.453 e. The first-order chi connectivity index (χ1) is 11.3. The molecule has 3 N–H and O–H groups in total. The number of nitrogens with one attached hydrogen (secondary N) is 1. The first kappa shape index (κ1) is 17.7. The van der Waals surface area contributed by atoms with Gasteiger partial charge in [0.25, 0.3) is 15.6 Å². The smallest absolute Gasteiger partial charge is 0.360 e. The molecule has 1 atom stereocenters. The molecule has 0 radical (unpaired) electrons. The first-order valence-electron chi connectivity index (χ1n) is 7.08. The van der Waals surface area contributed by atoms with Crippen LogP contribution >= 0.6 is 0 Å². The maximum absolute atomic E-state index is 12.7. The normalized spacial score (nSPS) is 12.5. The highest BCUT2D eigenvalue weighted by Gasteiger charge is 2.41. The summed E-state index contributed by atoms with van der Waals surface area (Å²) in [7, 11) is -4.28. The average molecular weight is 347 g/mol. The van der Waals surface area contributed by atoms with E-state index in [1.165, 1.54) is 18.6 Å². The number of sulfone groups is 1. The SMILES string of the molecule is Cc1ccc(S(=O)(=O)C(=[N+]=[N-])C(=O)[C@@H](N)Cc2cnc[nH]2)c(C)c1. The zero-order valence-corrected chi connectivity index (χ0v) is 14.0. The summed E-state index contributed by atoms with van der Waals surface area (Å²) in [6.07, 6.45) is 2.93. The number of carbonyl (C=O) groups is 1. The van der Waals surface area contributed by atoms with E-state index in [0.29, 0.717) is 11.3 Å². The number of hydrogen-bond donors (Lipinski definition) is 2. The van der Waals surface area contributed by atoms with Crippen LogP contribution in [0, 0.1) is 13.8 Å². The molecule has 0 bridgehead atoms. The summed E-state index contributed by atoms with van der Waals surface area (Å²) in [5, 5.41) is -0.971. The van der Waals surface area contributed by atoms with Crippen LogP contribution in [0.3, 0.4) is 0 Å². The van der Waals surface area contributed by atoms with Gasteiger partial charge in [-0.3, -0.25) is 4.79 Å². The van der Waals surface area contributed by atoms with Crippen LogP contribution in [-0.4, -0.2) is 40.0 Å². The lowest BCUT2D eigenvalue weighted by molar-refractivity contribution is -0.117. The Morgan fingerprint density at radius 2 is 2.12 bits per heavy atom. The standard InChI is InChI=1S/C15H17N5O3S/c1-9-3-4-13(10(2)5-9)24(22,23)15(20-17)14(21)12(16)6-11-7-18-8-19-11/h3-5,7-8,12H,6,16H2,1-2H3,(H,18,19)/t12-/m0/s1. The van der Waals surface area contributed by atoms with Crippen molar-refractivity contribution < 1.29 is 18.0 Å². The molecule has 24 heavy (non-hydrogen) atoms. The summed E-state index contributed by atoms with van der Waals surface area (Å²) in [5.74, 6) is -0.966. The van der Waals surface area contributed by atoms with Crippen molar-refractivity contribution in [2.75, 3.05) is 0 Å². The van der Waals surface area contributed by atoms with Crippen LogP contribution in [-0.2, 0) is 21.1 Å². The molecular weight excluding hydrogens is 330 g/mol. The quantitative estimate of drug-likeness (QED) is 0.352. The Labute approximate surface area is 139 Å². The lowest BCUT2D eigenvalue weighted by Crippen LogP contribution is -2.41. The van der Waals surface area contributed by atoms with E-state index in [-0.39, 0.29) is 11.3 Å². The van der Waals surface area contributed by atoms with Crippen molar-refractivity contribution in [2.45, 2.75) is 31.2 Å². The third-order valence-corrected chi connectivity index (χ3v) is 5.34. The van der Waals surface area contributed by atoms with Crippen LogP contribution in [0.25, 0.3) is 5.53 Å². The molecule has 2 rings (SSSR count). The highest BCUT2D eigenvalue weighted by Crippen LogP contribution is 2.19. The van der Waals surface area contributed by atoms with Gasteiger partial charge in [0.05, 0.1) is 17.3 Å². The second-order valence-electron chi connectivity index (χ2n) is 5.43. The van der Waals surface area contributed by atoms with Crippen LogP contribution in [0.2, 0.25) is 0 Å². The number of nitrogens with zero attached hydrogens (tertiary/aromatic N) is 3. The minimum absolute atomic E-state index is 0.0419. The number of carbonyl (C=O) groups excluding carboxylic acids is 1. The number of imidazole rings is 1. The van der Waals surface area contributed by atoms with Crippen LogP contribution in [0.15, 0.2) is 35.6 Å². The second kappa shape index (κ2) is 6.88. The Morgan fingerprint density at radius 3 is 2.67 bits per heavy atom. The van der Waals surface area contributed by atoms with Gasteiger partial charge in [0.2, 0.25) is 0 Å². The summed E-state index contributed by atoms with van der Waals surface area (Å²) < 4.78 is 25.3. The van der Waals surface area contributed by atoms with Crippen molar-refractivity contribution in [3.8, 4) is 0 Å². The highest BCUT2D eigenvalue weighted by molar-refractivity contribution is 8.08. The molecule has 0 saturated carbocycles. The Kier molecular flexibility index (Phi) is 5.08. The van der Waals surface area contributed by atoms with Gasteiger partial charge in [-0.15, -0.1) is 4.79 Å². The van der Waals surface area contributed by atoms with E-state index in [1.807, 2.05) is 6.92 Å². The van der Waals surface area contributed by atoms with Gasteiger partial charge >= 0.3 is 5.04 Å². The summed E-state index contributed by atoms with van der Waals surface area (Å²) in [6.45, 7) is 3.42. The zero-order chi connectivity index (χ0) is 17.9. The van der Waals surface area contributed by atoms with Crippen molar-refractivity contribution in [3.63, 3.8) is 0 Å². The number of H-pyrrole nitrogens is 1. The fourth-order valence-electron chi connectivity index (χ4n) is 2.32. The van der Waals surface area contributed by atoms with Crippen molar-refractivity contribution in [1.29, 1.82) is 0 Å². The van der Waals surface area contributed by atoms with E-state index in [2.05, 4.69) is 14.8 Å². The molecule has 1 aromatic heterocycles. The number of aromatic amines is 1. The zero-order valence-electron chi connectivity index (χ0n) is 13.2. The molecule has 9 heteroatoms. The molecule has 2 aromatic rings. The van der Waals surface area contributed by atoms with Gasteiger partial charge in [0.1, 0.15) is 0 Å². The molecular formula is C15H17N5O3S. The number of nitrogens with two attached hydrogens (primary N) is 1. The molecule has 0 aliphatic carbocycles. The molecule has 126 valence electrons. The lowest BCUT2D eigenvalue weighted by Gasteiger charge is -2.08. The van der Waals surface area contributed by atoms with E-state index in [1.54, 1.807) is 19.1 Å². The fourth-order valence-corrected chi connectivity index (χ4v) is 3.79. The Bertz CT molecular complexity index is 913. The largest absolute Gasteiger partial charge is 0.453 e. The minimum atomic E-state index is -4.28. The topological polar surface area (TPSA) is 142 Å². The lowest BCUT2D eigenvalue weighted by atomic mass is 10.1. The molecule has 0 saturated heterocycles. The fraction of sp³-hybridized carbons (Fsp3) is 0.267. The van der Waals surface area contributed by atoms with Crippen LogP contribution < -0.4 is 5.73 Å². The predicted octanol–water partition coefficient (Wildman–Crippen LogP) is 0.568. The summed E-state index contributed by atoms with van der Waals surface area (Å²) in [4.78, 5) is 21.6. The van der Waals surface area contributed by atoms with E-state index in [0.717, 1.165) is 5.56 Å². The molecule has 1 heterocycles. The number of Topliss-reactive ketones (excluding diaryl/α,β-unsaturated/α-hetero) is 1. The average Bonchev–Trinajstić information content (AvgIpc) is 2.99. The number of aryl methyl sites for hydroxylation is 2. The monoisotopic (exact) mass is 347 g/mol. The van der Waals surface area contributed by atoms with E-state index >= 15 is 0 Å². The van der Waals surface area contributed by atoms with Gasteiger partial charge in [-0.05, 0) is 25.5 Å². The number of aromatic nitrogens is 2. The Hall–Kier alpha value is -2.61. The van der Waals surface area contributed by atoms with Crippen LogP contribution in [0.4, 0.5) is 0 Å². The predicted molar refractivity (Wildman–Crippen MR) is 87.0 cm³/mol.